The average Bonchev–Trinajstić information content (AvgIpc) is 3.34. The van der Waals surface area contributed by atoms with Crippen LogP contribution in [0.15, 0.2) is 71.9 Å². The number of methoxy groups -OCH3 is 2. The van der Waals surface area contributed by atoms with Crippen molar-refractivity contribution in [3.63, 3.8) is 0 Å². The van der Waals surface area contributed by atoms with Crippen molar-refractivity contribution in [3.8, 4) is 17.2 Å². The van der Waals surface area contributed by atoms with Crippen LogP contribution in [0.5, 0.6) is 11.5 Å². The zero-order valence-corrected chi connectivity index (χ0v) is 22.0. The number of hydrogen-bond acceptors (Lipinski definition) is 7. The van der Waals surface area contributed by atoms with Gasteiger partial charge in [-0.3, -0.25) is 14.2 Å². The molecule has 2 amide bonds. The second-order valence-corrected chi connectivity index (χ2v) is 9.19. The molecule has 2 N–H and O–H groups in total. The van der Waals surface area contributed by atoms with Gasteiger partial charge in [-0.15, -0.1) is 10.2 Å². The van der Waals surface area contributed by atoms with Gasteiger partial charge in [0.15, 0.2) is 11.0 Å². The third-order valence-electron chi connectivity index (χ3n) is 5.27. The molecule has 196 valence electrons. The number of halogens is 2. The lowest BCUT2D eigenvalue weighted by Crippen LogP contribution is -2.24. The molecule has 0 aliphatic carbocycles. The molecule has 0 spiro atoms. The minimum absolute atomic E-state index is 0.0276. The van der Waals surface area contributed by atoms with Crippen molar-refractivity contribution in [2.75, 3.05) is 25.3 Å². The van der Waals surface area contributed by atoms with Crippen LogP contribution in [-0.4, -0.2) is 46.6 Å². The van der Waals surface area contributed by atoms with Crippen LogP contribution in [-0.2, 0) is 11.3 Å². The maximum absolute atomic E-state index is 13.9. The van der Waals surface area contributed by atoms with Gasteiger partial charge < -0.3 is 20.1 Å². The number of hydrogen-bond donors (Lipinski definition) is 2. The molecule has 0 unspecified atom stereocenters. The van der Waals surface area contributed by atoms with E-state index in [1.165, 1.54) is 32.4 Å². The second-order valence-electron chi connectivity index (χ2n) is 7.81. The summed E-state index contributed by atoms with van der Waals surface area (Å²) in [6.45, 7) is 0.0276. The zero-order valence-electron chi connectivity index (χ0n) is 20.4. The lowest BCUT2D eigenvalue weighted by atomic mass is 10.2. The molecule has 0 saturated heterocycles. The molecule has 4 rings (SSSR count). The number of ether oxygens (including phenoxy) is 2. The Morgan fingerprint density at radius 2 is 1.74 bits per heavy atom. The third-order valence-corrected chi connectivity index (χ3v) is 6.43. The molecule has 0 aliphatic rings. The molecular formula is C26H23ClFN5O4S. The Morgan fingerprint density at radius 3 is 2.42 bits per heavy atom. The average molecular weight is 556 g/mol. The van der Waals surface area contributed by atoms with Crippen LogP contribution in [0.4, 0.5) is 10.1 Å². The Labute approximate surface area is 227 Å². The second kappa shape index (κ2) is 12.4. The van der Waals surface area contributed by atoms with E-state index in [0.717, 1.165) is 11.8 Å². The number of nitrogens with zero attached hydrogens (tertiary/aromatic N) is 3. The van der Waals surface area contributed by atoms with Gasteiger partial charge in [-0.1, -0.05) is 41.6 Å². The summed E-state index contributed by atoms with van der Waals surface area (Å²) in [5.41, 5.74) is 1.08. The summed E-state index contributed by atoms with van der Waals surface area (Å²) in [6.07, 6.45) is 0. The van der Waals surface area contributed by atoms with Crippen LogP contribution in [0.2, 0.25) is 5.02 Å². The van der Waals surface area contributed by atoms with E-state index >= 15 is 0 Å². The number of rotatable bonds is 10. The Bertz CT molecular complexity index is 1440. The highest BCUT2D eigenvalue weighted by molar-refractivity contribution is 7.99. The molecule has 12 heteroatoms. The smallest absolute Gasteiger partial charge is 0.251 e. The first-order valence-corrected chi connectivity index (χ1v) is 12.6. The van der Waals surface area contributed by atoms with Crippen LogP contribution >= 0.6 is 23.4 Å². The number of carbonyl (C=O) groups is 2. The first kappa shape index (κ1) is 27.0. The van der Waals surface area contributed by atoms with Crippen molar-refractivity contribution < 1.29 is 23.5 Å². The van der Waals surface area contributed by atoms with E-state index in [-0.39, 0.29) is 23.9 Å². The van der Waals surface area contributed by atoms with Gasteiger partial charge in [0.25, 0.3) is 5.91 Å². The standard InChI is InChI=1S/C26H23ClFN5O4S/c1-36-19-10-16(11-20(13-19)37-2)25(35)29-14-23-31-32-26(33(23)18-7-5-6-17(27)12-18)38-15-24(34)30-22-9-4-3-8-21(22)28/h3-13H,14-15H2,1-2H3,(H,29,35)(H,30,34). The highest BCUT2D eigenvalue weighted by atomic mass is 35.5. The van der Waals surface area contributed by atoms with E-state index in [1.807, 2.05) is 0 Å². The van der Waals surface area contributed by atoms with Crippen molar-refractivity contribution in [1.82, 2.24) is 20.1 Å². The maximum atomic E-state index is 13.9. The number of thioether (sulfide) groups is 1. The van der Waals surface area contributed by atoms with E-state index in [9.17, 15) is 14.0 Å². The Morgan fingerprint density at radius 1 is 1.00 bits per heavy atom. The van der Waals surface area contributed by atoms with Gasteiger partial charge in [-0.2, -0.15) is 0 Å². The molecule has 9 nitrogen and oxygen atoms in total. The summed E-state index contributed by atoms with van der Waals surface area (Å²) >= 11 is 7.32. The summed E-state index contributed by atoms with van der Waals surface area (Å²) in [7, 11) is 3.00. The van der Waals surface area contributed by atoms with Crippen molar-refractivity contribution >= 4 is 40.9 Å². The summed E-state index contributed by atoms with van der Waals surface area (Å²) < 4.78 is 26.1. The van der Waals surface area contributed by atoms with E-state index in [1.54, 1.807) is 53.1 Å². The predicted molar refractivity (Wildman–Crippen MR) is 143 cm³/mol. The highest BCUT2D eigenvalue weighted by Gasteiger charge is 2.18. The summed E-state index contributed by atoms with van der Waals surface area (Å²) in [5.74, 6) is -0.00732. The van der Waals surface area contributed by atoms with Gasteiger partial charge in [-0.05, 0) is 42.5 Å². The monoisotopic (exact) mass is 555 g/mol. The molecular weight excluding hydrogens is 533 g/mol. The molecule has 38 heavy (non-hydrogen) atoms. The summed E-state index contributed by atoms with van der Waals surface area (Å²) in [6, 6.07) is 17.8. The fourth-order valence-electron chi connectivity index (χ4n) is 3.46. The largest absolute Gasteiger partial charge is 0.497 e. The molecule has 0 saturated carbocycles. The van der Waals surface area contributed by atoms with Crippen LogP contribution in [0.1, 0.15) is 16.2 Å². The first-order chi connectivity index (χ1) is 18.4. The molecule has 4 aromatic rings. The fourth-order valence-corrected chi connectivity index (χ4v) is 4.42. The molecule has 0 aliphatic heterocycles. The Balaban J connectivity index is 1.53. The lowest BCUT2D eigenvalue weighted by Gasteiger charge is -2.12. The lowest BCUT2D eigenvalue weighted by molar-refractivity contribution is -0.113. The number of carbonyl (C=O) groups excluding carboxylic acids is 2. The fraction of sp³-hybridized carbons (Fsp3) is 0.154. The van der Waals surface area contributed by atoms with Gasteiger partial charge in [0.1, 0.15) is 17.3 Å². The van der Waals surface area contributed by atoms with E-state index in [0.29, 0.717) is 38.8 Å². The number of anilines is 1. The molecule has 0 fully saturated rings. The quantitative estimate of drug-likeness (QED) is 0.272. The van der Waals surface area contributed by atoms with Gasteiger partial charge in [-0.25, -0.2) is 4.39 Å². The number of nitrogens with one attached hydrogen (secondary N) is 2. The zero-order chi connectivity index (χ0) is 27.1. The minimum atomic E-state index is -0.528. The molecule has 0 radical (unpaired) electrons. The summed E-state index contributed by atoms with van der Waals surface area (Å²) in [4.78, 5) is 25.4. The van der Waals surface area contributed by atoms with Crippen molar-refractivity contribution in [2.24, 2.45) is 0 Å². The van der Waals surface area contributed by atoms with E-state index in [4.69, 9.17) is 21.1 Å². The Kier molecular flexibility index (Phi) is 8.82. The topological polar surface area (TPSA) is 107 Å². The van der Waals surface area contributed by atoms with Crippen molar-refractivity contribution in [3.05, 3.63) is 89.0 Å². The van der Waals surface area contributed by atoms with Crippen LogP contribution in [0, 0.1) is 5.82 Å². The molecule has 0 bridgehead atoms. The first-order valence-electron chi connectivity index (χ1n) is 11.3. The molecule has 0 atom stereocenters. The van der Waals surface area contributed by atoms with Gasteiger partial charge in [0, 0.05) is 16.7 Å². The normalized spacial score (nSPS) is 10.6. The van der Waals surface area contributed by atoms with Crippen molar-refractivity contribution in [1.29, 1.82) is 0 Å². The van der Waals surface area contributed by atoms with E-state index in [2.05, 4.69) is 20.8 Å². The van der Waals surface area contributed by atoms with Crippen LogP contribution < -0.4 is 20.1 Å². The SMILES string of the molecule is COc1cc(OC)cc(C(=O)NCc2nnc(SCC(=O)Nc3ccccc3F)n2-c2cccc(Cl)c2)c1. The summed E-state index contributed by atoms with van der Waals surface area (Å²) in [5, 5.41) is 14.7. The third kappa shape index (κ3) is 6.61. The van der Waals surface area contributed by atoms with Crippen molar-refractivity contribution in [2.45, 2.75) is 11.7 Å². The molecule has 1 heterocycles. The number of para-hydroxylation sites is 1. The maximum Gasteiger partial charge on any atom is 0.251 e. The van der Waals surface area contributed by atoms with Crippen LogP contribution in [0.3, 0.4) is 0 Å². The van der Waals surface area contributed by atoms with Gasteiger partial charge in [0.05, 0.1) is 37.9 Å². The predicted octanol–water partition coefficient (Wildman–Crippen LogP) is 4.74. The highest BCUT2D eigenvalue weighted by Crippen LogP contribution is 2.25. The van der Waals surface area contributed by atoms with Gasteiger partial charge in [0.2, 0.25) is 5.91 Å². The molecule has 3 aromatic carbocycles. The Hall–Kier alpha value is -4.09. The number of amides is 2. The molecule has 1 aromatic heterocycles. The van der Waals surface area contributed by atoms with Gasteiger partial charge >= 0.3 is 0 Å². The number of aromatic nitrogens is 3. The number of benzene rings is 3. The minimum Gasteiger partial charge on any atom is -0.497 e. The van der Waals surface area contributed by atoms with E-state index < -0.39 is 11.7 Å². The van der Waals surface area contributed by atoms with Crippen LogP contribution in [0.25, 0.3) is 5.69 Å².